The minimum Gasteiger partial charge on any atom is -0.387 e. The van der Waals surface area contributed by atoms with Gasteiger partial charge in [0, 0.05) is 11.4 Å². The topological polar surface area (TPSA) is 52.6 Å². The molecule has 6 heteroatoms. The van der Waals surface area contributed by atoms with Gasteiger partial charge in [-0.05, 0) is 42.0 Å². The molecule has 4 nitrogen and oxygen atoms in total. The van der Waals surface area contributed by atoms with Gasteiger partial charge in [0.1, 0.15) is 5.82 Å². The maximum atomic E-state index is 12.9. The molecule has 0 spiro atoms. The highest BCUT2D eigenvalue weighted by Crippen LogP contribution is 2.29. The third-order valence-corrected chi connectivity index (χ3v) is 4.33. The van der Waals surface area contributed by atoms with Gasteiger partial charge in [-0.1, -0.05) is 12.1 Å². The van der Waals surface area contributed by atoms with Crippen molar-refractivity contribution in [1.29, 1.82) is 0 Å². The van der Waals surface area contributed by atoms with E-state index in [4.69, 9.17) is 0 Å². The number of nitrogens with one attached hydrogen (secondary N) is 1. The summed E-state index contributed by atoms with van der Waals surface area (Å²) in [5.41, 5.74) is 1.37. The highest BCUT2D eigenvalue weighted by atomic mass is 32.1. The fraction of sp³-hybridized carbons (Fsp3) is 0.312. The van der Waals surface area contributed by atoms with Gasteiger partial charge in [0.15, 0.2) is 0 Å². The number of benzene rings is 1. The van der Waals surface area contributed by atoms with Crippen molar-refractivity contribution in [2.45, 2.75) is 25.0 Å². The summed E-state index contributed by atoms with van der Waals surface area (Å²) in [4.78, 5) is 14.0. The predicted octanol–water partition coefficient (Wildman–Crippen LogP) is 3.62. The molecular weight excluding hydrogens is 303 g/mol. The maximum absolute atomic E-state index is 12.9. The fourth-order valence-electron chi connectivity index (χ4n) is 2.29. The Labute approximate surface area is 132 Å². The second-order valence-electron chi connectivity index (χ2n) is 5.39. The molecule has 1 fully saturated rings. The maximum Gasteiger partial charge on any atom is 0.322 e. The number of anilines is 1. The monoisotopic (exact) mass is 320 g/mol. The lowest BCUT2D eigenvalue weighted by Crippen LogP contribution is -2.39. The van der Waals surface area contributed by atoms with Gasteiger partial charge in [0.25, 0.3) is 0 Å². The summed E-state index contributed by atoms with van der Waals surface area (Å²) < 4.78 is 12.9. The Morgan fingerprint density at radius 2 is 2.09 bits per heavy atom. The number of thiophene rings is 1. The summed E-state index contributed by atoms with van der Waals surface area (Å²) in [7, 11) is 0. The number of amides is 2. The number of halogens is 1. The molecule has 0 radical (unpaired) electrons. The van der Waals surface area contributed by atoms with Crippen molar-refractivity contribution in [2.24, 2.45) is 0 Å². The summed E-state index contributed by atoms with van der Waals surface area (Å²) in [6.07, 6.45) is 1.08. The molecule has 1 aromatic carbocycles. The largest absolute Gasteiger partial charge is 0.387 e. The molecule has 2 N–H and O–H groups in total. The van der Waals surface area contributed by atoms with E-state index in [0.29, 0.717) is 5.56 Å². The number of aliphatic hydroxyl groups is 1. The molecule has 2 amide bonds. The first-order chi connectivity index (χ1) is 10.6. The average Bonchev–Trinajstić information content (AvgIpc) is 3.22. The predicted molar refractivity (Wildman–Crippen MR) is 84.4 cm³/mol. The van der Waals surface area contributed by atoms with Crippen LogP contribution in [0.3, 0.4) is 0 Å². The lowest BCUT2D eigenvalue weighted by molar-refractivity contribution is 0.123. The summed E-state index contributed by atoms with van der Waals surface area (Å²) in [6, 6.07) is 7.51. The minimum atomic E-state index is -0.825. The Hall–Kier alpha value is -1.92. The standard InChI is InChI=1S/C16H17FN2O2S/c17-12-3-1-11(2-4-12)15(20)9-19(14-5-6-14)16(21)18-13-7-8-22-10-13/h1-4,7-8,10,14-15,20H,5-6,9H2,(H,18,21). The zero-order valence-electron chi connectivity index (χ0n) is 11.9. The van der Waals surface area contributed by atoms with E-state index in [9.17, 15) is 14.3 Å². The normalized spacial score (nSPS) is 15.4. The second kappa shape index (κ2) is 6.46. The van der Waals surface area contributed by atoms with Crippen LogP contribution in [0.1, 0.15) is 24.5 Å². The third kappa shape index (κ3) is 3.64. The van der Waals surface area contributed by atoms with Crippen LogP contribution < -0.4 is 5.32 Å². The van der Waals surface area contributed by atoms with E-state index in [1.807, 2.05) is 16.8 Å². The molecule has 3 rings (SSSR count). The molecule has 116 valence electrons. The Bertz CT molecular complexity index is 626. The summed E-state index contributed by atoms with van der Waals surface area (Å²) in [6.45, 7) is 0.201. The number of carbonyl (C=O) groups is 1. The van der Waals surface area contributed by atoms with E-state index < -0.39 is 6.10 Å². The quantitative estimate of drug-likeness (QED) is 0.884. The summed E-state index contributed by atoms with van der Waals surface area (Å²) in [5, 5.41) is 16.9. The van der Waals surface area contributed by atoms with Gasteiger partial charge < -0.3 is 15.3 Å². The molecule has 0 aliphatic heterocycles. The van der Waals surface area contributed by atoms with Crippen molar-refractivity contribution in [3.05, 3.63) is 52.5 Å². The smallest absolute Gasteiger partial charge is 0.322 e. The highest BCUT2D eigenvalue weighted by molar-refractivity contribution is 7.08. The van der Waals surface area contributed by atoms with Crippen LogP contribution in [-0.2, 0) is 0 Å². The van der Waals surface area contributed by atoms with Gasteiger partial charge in [-0.2, -0.15) is 11.3 Å². The van der Waals surface area contributed by atoms with Crippen molar-refractivity contribution in [3.63, 3.8) is 0 Å². The number of urea groups is 1. The fourth-order valence-corrected chi connectivity index (χ4v) is 2.88. The van der Waals surface area contributed by atoms with Gasteiger partial charge in [-0.3, -0.25) is 0 Å². The molecule has 1 unspecified atom stereocenters. The van der Waals surface area contributed by atoms with Crippen LogP contribution in [0.5, 0.6) is 0 Å². The molecular formula is C16H17FN2O2S. The van der Waals surface area contributed by atoms with Gasteiger partial charge in [0.05, 0.1) is 18.3 Å². The Morgan fingerprint density at radius 1 is 1.36 bits per heavy atom. The van der Waals surface area contributed by atoms with E-state index in [1.54, 1.807) is 17.0 Å². The van der Waals surface area contributed by atoms with Crippen LogP contribution in [0.2, 0.25) is 0 Å². The van der Waals surface area contributed by atoms with E-state index in [2.05, 4.69) is 5.32 Å². The van der Waals surface area contributed by atoms with Crippen LogP contribution in [-0.4, -0.2) is 28.6 Å². The summed E-state index contributed by atoms with van der Waals surface area (Å²) >= 11 is 1.51. The summed E-state index contributed by atoms with van der Waals surface area (Å²) in [5.74, 6) is -0.342. The highest BCUT2D eigenvalue weighted by Gasteiger charge is 2.34. The Kier molecular flexibility index (Phi) is 4.40. The third-order valence-electron chi connectivity index (χ3n) is 3.65. The molecule has 1 atom stereocenters. The van der Waals surface area contributed by atoms with Crippen LogP contribution >= 0.6 is 11.3 Å². The van der Waals surface area contributed by atoms with Crippen molar-refractivity contribution >= 4 is 23.1 Å². The van der Waals surface area contributed by atoms with Crippen LogP contribution in [0.25, 0.3) is 0 Å². The first-order valence-corrected chi connectivity index (χ1v) is 8.11. The number of rotatable bonds is 5. The SMILES string of the molecule is O=C(Nc1ccsc1)N(CC(O)c1ccc(F)cc1)C1CC1. The Balaban J connectivity index is 1.66. The van der Waals surface area contributed by atoms with Crippen LogP contribution in [0.15, 0.2) is 41.1 Å². The van der Waals surface area contributed by atoms with Crippen molar-refractivity contribution in [2.75, 3.05) is 11.9 Å². The number of hydrogen-bond acceptors (Lipinski definition) is 3. The molecule has 2 aromatic rings. The molecule has 1 aliphatic rings. The Morgan fingerprint density at radius 3 is 2.68 bits per heavy atom. The first-order valence-electron chi connectivity index (χ1n) is 7.17. The molecule has 0 saturated heterocycles. The molecule has 0 bridgehead atoms. The van der Waals surface area contributed by atoms with Gasteiger partial charge >= 0.3 is 6.03 Å². The molecule has 1 saturated carbocycles. The van der Waals surface area contributed by atoms with E-state index in [0.717, 1.165) is 18.5 Å². The minimum absolute atomic E-state index is 0.175. The molecule has 1 heterocycles. The van der Waals surface area contributed by atoms with Crippen LogP contribution in [0.4, 0.5) is 14.9 Å². The second-order valence-corrected chi connectivity index (χ2v) is 6.17. The zero-order valence-corrected chi connectivity index (χ0v) is 12.7. The molecule has 1 aliphatic carbocycles. The molecule has 22 heavy (non-hydrogen) atoms. The number of carbonyl (C=O) groups excluding carboxylic acids is 1. The number of aliphatic hydroxyl groups excluding tert-OH is 1. The van der Waals surface area contributed by atoms with Gasteiger partial charge in [0.2, 0.25) is 0 Å². The van der Waals surface area contributed by atoms with Crippen molar-refractivity contribution in [1.82, 2.24) is 4.90 Å². The first kappa shape index (κ1) is 15.0. The van der Waals surface area contributed by atoms with Crippen molar-refractivity contribution in [3.8, 4) is 0 Å². The number of nitrogens with zero attached hydrogens (tertiary/aromatic N) is 1. The van der Waals surface area contributed by atoms with Crippen molar-refractivity contribution < 1.29 is 14.3 Å². The number of hydrogen-bond donors (Lipinski definition) is 2. The molecule has 1 aromatic heterocycles. The lowest BCUT2D eigenvalue weighted by atomic mass is 10.1. The van der Waals surface area contributed by atoms with E-state index >= 15 is 0 Å². The van der Waals surface area contributed by atoms with E-state index in [-0.39, 0.29) is 24.4 Å². The average molecular weight is 320 g/mol. The van der Waals surface area contributed by atoms with Crippen LogP contribution in [0, 0.1) is 5.82 Å². The zero-order chi connectivity index (χ0) is 15.5. The van der Waals surface area contributed by atoms with E-state index in [1.165, 1.54) is 23.5 Å². The lowest BCUT2D eigenvalue weighted by Gasteiger charge is -2.25. The van der Waals surface area contributed by atoms with Gasteiger partial charge in [-0.15, -0.1) is 0 Å². The van der Waals surface area contributed by atoms with Gasteiger partial charge in [-0.25, -0.2) is 9.18 Å².